The highest BCUT2D eigenvalue weighted by Crippen LogP contribution is 2.30. The average molecular weight is 491 g/mol. The molecule has 4 rings (SSSR count). The molecule has 1 heterocycles. The summed E-state index contributed by atoms with van der Waals surface area (Å²) in [7, 11) is -3.33. The van der Waals surface area contributed by atoms with E-state index in [1.807, 2.05) is 17.0 Å². The Hall–Kier alpha value is -2.58. The third-order valence-electron chi connectivity index (χ3n) is 4.94. The van der Waals surface area contributed by atoms with E-state index in [1.165, 1.54) is 12.1 Å². The quantitative estimate of drug-likeness (QED) is 0.552. The average Bonchev–Trinajstić information content (AvgIpc) is 3.11. The predicted octanol–water partition coefficient (Wildman–Crippen LogP) is 4.43. The number of hydrogen-bond donors (Lipinski definition) is 1. The number of benzene rings is 3. The molecule has 0 amide bonds. The van der Waals surface area contributed by atoms with Gasteiger partial charge in [-0.3, -0.25) is 0 Å². The van der Waals surface area contributed by atoms with Crippen LogP contribution in [0.3, 0.4) is 0 Å². The van der Waals surface area contributed by atoms with Crippen LogP contribution < -0.4 is 9.64 Å². The summed E-state index contributed by atoms with van der Waals surface area (Å²) in [5.74, 6) is 1.05. The lowest BCUT2D eigenvalue weighted by Gasteiger charge is -2.24. The van der Waals surface area contributed by atoms with Gasteiger partial charge in [0.25, 0.3) is 0 Å². The summed E-state index contributed by atoms with van der Waals surface area (Å²) < 4.78 is 29.4. The van der Waals surface area contributed by atoms with Gasteiger partial charge in [-0.1, -0.05) is 23.2 Å². The Kier molecular flexibility index (Phi) is 6.18. The first-order chi connectivity index (χ1) is 15.1. The van der Waals surface area contributed by atoms with E-state index in [-0.39, 0.29) is 18.0 Å². The van der Waals surface area contributed by atoms with Gasteiger partial charge < -0.3 is 14.7 Å². The van der Waals surface area contributed by atoms with E-state index in [9.17, 15) is 13.5 Å². The maximum absolute atomic E-state index is 11.8. The van der Waals surface area contributed by atoms with E-state index in [4.69, 9.17) is 27.9 Å². The Morgan fingerprint density at radius 2 is 1.53 bits per heavy atom. The molecule has 0 bridgehead atoms. The summed E-state index contributed by atoms with van der Waals surface area (Å²) in [6.07, 6.45) is 1.15. The Bertz CT molecular complexity index is 1240. The van der Waals surface area contributed by atoms with Crippen molar-refractivity contribution < 1.29 is 18.3 Å². The molecule has 0 spiro atoms. The second kappa shape index (κ2) is 8.75. The van der Waals surface area contributed by atoms with Gasteiger partial charge >= 0.3 is 0 Å². The highest BCUT2D eigenvalue weighted by atomic mass is 35.5. The molecular formula is C23H20Cl2N2O4S. The van der Waals surface area contributed by atoms with Crippen molar-refractivity contribution in [2.75, 3.05) is 24.3 Å². The Morgan fingerprint density at radius 1 is 0.969 bits per heavy atom. The van der Waals surface area contributed by atoms with Crippen molar-refractivity contribution in [3.05, 3.63) is 88.4 Å². The topological polar surface area (TPSA) is 79.2 Å². The lowest BCUT2D eigenvalue weighted by molar-refractivity contribution is 0.0178. The van der Waals surface area contributed by atoms with E-state index < -0.39 is 15.6 Å². The van der Waals surface area contributed by atoms with Crippen LogP contribution in [0.25, 0.3) is 0 Å². The molecule has 3 aromatic carbocycles. The molecule has 166 valence electrons. The van der Waals surface area contributed by atoms with Crippen molar-refractivity contribution >= 4 is 44.6 Å². The minimum atomic E-state index is -3.33. The third-order valence-corrected chi connectivity index (χ3v) is 6.58. The molecule has 0 radical (unpaired) electrons. The number of aliphatic hydroxyl groups is 1. The zero-order chi connectivity index (χ0) is 22.9. The molecule has 0 aromatic heterocycles. The zero-order valence-electron chi connectivity index (χ0n) is 17.1. The number of anilines is 1. The Balaban J connectivity index is 1.66. The second-order valence-corrected chi connectivity index (χ2v) is 10.4. The largest absolute Gasteiger partial charge is 0.488 e. The summed E-state index contributed by atoms with van der Waals surface area (Å²) in [6, 6.07) is 20.4. The first-order valence-corrected chi connectivity index (χ1v) is 12.3. The van der Waals surface area contributed by atoms with Gasteiger partial charge in [-0.25, -0.2) is 13.4 Å². The molecule has 1 unspecified atom stereocenters. The van der Waals surface area contributed by atoms with Crippen molar-refractivity contribution in [1.29, 1.82) is 0 Å². The van der Waals surface area contributed by atoms with Gasteiger partial charge in [-0.05, 0) is 72.8 Å². The summed E-state index contributed by atoms with van der Waals surface area (Å²) in [5.41, 5.74) is -0.0815. The van der Waals surface area contributed by atoms with E-state index in [1.54, 1.807) is 48.5 Å². The maximum atomic E-state index is 11.8. The minimum absolute atomic E-state index is 0.0797. The van der Waals surface area contributed by atoms with Crippen LogP contribution in [0.15, 0.2) is 82.7 Å². The summed E-state index contributed by atoms with van der Waals surface area (Å²) in [4.78, 5) is 6.61. The van der Waals surface area contributed by atoms with E-state index in [0.717, 1.165) is 11.9 Å². The van der Waals surface area contributed by atoms with Crippen molar-refractivity contribution in [1.82, 2.24) is 0 Å². The zero-order valence-corrected chi connectivity index (χ0v) is 19.4. The highest BCUT2D eigenvalue weighted by molar-refractivity contribution is 7.90. The highest BCUT2D eigenvalue weighted by Gasteiger charge is 2.39. The number of nitrogens with zero attached hydrogens (tertiary/aromatic N) is 2. The molecular weight excluding hydrogens is 471 g/mol. The molecule has 0 fully saturated rings. The molecule has 1 aliphatic heterocycles. The number of halogens is 2. The van der Waals surface area contributed by atoms with E-state index in [2.05, 4.69) is 4.99 Å². The van der Waals surface area contributed by atoms with Crippen LogP contribution in [-0.2, 0) is 9.84 Å². The fourth-order valence-corrected chi connectivity index (χ4v) is 4.22. The van der Waals surface area contributed by atoms with E-state index >= 15 is 0 Å². The molecule has 1 aliphatic rings. The van der Waals surface area contributed by atoms with Gasteiger partial charge in [0.05, 0.1) is 11.4 Å². The maximum Gasteiger partial charge on any atom is 0.210 e. The van der Waals surface area contributed by atoms with Gasteiger partial charge in [-0.2, -0.15) is 0 Å². The van der Waals surface area contributed by atoms with Crippen molar-refractivity contribution in [2.24, 2.45) is 4.99 Å². The number of rotatable bonds is 6. The van der Waals surface area contributed by atoms with E-state index in [0.29, 0.717) is 27.2 Å². The molecule has 1 N–H and O–H groups in total. The van der Waals surface area contributed by atoms with Crippen LogP contribution in [0, 0.1) is 0 Å². The third kappa shape index (κ3) is 5.07. The fourth-order valence-electron chi connectivity index (χ4n) is 3.33. The van der Waals surface area contributed by atoms with Crippen LogP contribution in [0.1, 0.15) is 5.56 Å². The minimum Gasteiger partial charge on any atom is -0.488 e. The second-order valence-electron chi connectivity index (χ2n) is 7.52. The predicted molar refractivity (Wildman–Crippen MR) is 127 cm³/mol. The number of hydrogen-bond acceptors (Lipinski definition) is 6. The molecule has 9 heteroatoms. The van der Waals surface area contributed by atoms with Gasteiger partial charge in [0.2, 0.25) is 5.72 Å². The van der Waals surface area contributed by atoms with Crippen molar-refractivity contribution in [3.8, 4) is 5.75 Å². The first-order valence-electron chi connectivity index (χ1n) is 9.67. The standard InChI is InChI=1S/C23H20Cl2N2O4S/c1-32(29,30)21-12-2-16(3-13-21)22-26-23(28,15-31-20-10-6-18(25)7-11-20)14-27(22)19-8-4-17(24)5-9-19/h2-13,28H,14-15H2,1H3. The number of sulfone groups is 1. The van der Waals surface area contributed by atoms with Crippen molar-refractivity contribution in [2.45, 2.75) is 10.6 Å². The molecule has 32 heavy (non-hydrogen) atoms. The monoisotopic (exact) mass is 490 g/mol. The van der Waals surface area contributed by atoms with Crippen LogP contribution in [0.2, 0.25) is 10.0 Å². The smallest absolute Gasteiger partial charge is 0.210 e. The molecule has 0 saturated heterocycles. The summed E-state index contributed by atoms with van der Waals surface area (Å²) >= 11 is 11.9. The number of ether oxygens (including phenoxy) is 1. The lowest BCUT2D eigenvalue weighted by atomic mass is 10.1. The van der Waals surface area contributed by atoms with Crippen LogP contribution in [0.5, 0.6) is 5.75 Å². The molecule has 3 aromatic rings. The first kappa shape index (κ1) is 22.6. The van der Waals surface area contributed by atoms with Gasteiger partial charge in [0.15, 0.2) is 9.84 Å². The number of β-amino-alcohol motifs (C(OH)–C–C–N with tert-alkyl or cyclic N) is 1. The van der Waals surface area contributed by atoms with Crippen molar-refractivity contribution in [3.63, 3.8) is 0 Å². The molecule has 0 aliphatic carbocycles. The summed E-state index contributed by atoms with van der Waals surface area (Å²) in [6.45, 7) is 0.0645. The fraction of sp³-hybridized carbons (Fsp3) is 0.174. The van der Waals surface area contributed by atoms with Gasteiger partial charge in [0.1, 0.15) is 18.2 Å². The van der Waals surface area contributed by atoms with Crippen LogP contribution >= 0.6 is 23.2 Å². The normalized spacial score (nSPS) is 18.5. The SMILES string of the molecule is CS(=O)(=O)c1ccc(C2=NC(O)(COc3ccc(Cl)cc3)CN2c2ccc(Cl)cc2)cc1. The van der Waals surface area contributed by atoms with Gasteiger partial charge in [-0.15, -0.1) is 0 Å². The number of aliphatic imine (C=N–C) groups is 1. The van der Waals surface area contributed by atoms with Crippen LogP contribution in [-0.4, -0.2) is 44.5 Å². The van der Waals surface area contributed by atoms with Crippen LogP contribution in [0.4, 0.5) is 5.69 Å². The Labute approximate surface area is 196 Å². The molecule has 1 atom stereocenters. The molecule has 0 saturated carbocycles. The van der Waals surface area contributed by atoms with Gasteiger partial charge in [0, 0.05) is 27.6 Å². The Morgan fingerprint density at radius 3 is 2.09 bits per heavy atom. The number of amidine groups is 1. The summed E-state index contributed by atoms with van der Waals surface area (Å²) in [5, 5.41) is 12.4. The molecule has 6 nitrogen and oxygen atoms in total. The lowest BCUT2D eigenvalue weighted by Crippen LogP contribution is -2.40.